The van der Waals surface area contributed by atoms with Gasteiger partial charge in [-0.2, -0.15) is 0 Å². The number of rotatable bonds is 6. The van der Waals surface area contributed by atoms with Gasteiger partial charge < -0.3 is 23.5 Å². The third kappa shape index (κ3) is 3.75. The highest BCUT2D eigenvalue weighted by Crippen LogP contribution is 2.34. The van der Waals surface area contributed by atoms with Gasteiger partial charge in [0, 0.05) is 36.2 Å². The van der Waals surface area contributed by atoms with Crippen LogP contribution in [0.5, 0.6) is 17.2 Å². The average molecular weight is 395 g/mol. The first-order valence-corrected chi connectivity index (χ1v) is 9.76. The minimum Gasteiger partial charge on any atom is -0.493 e. The van der Waals surface area contributed by atoms with Gasteiger partial charge in [-0.15, -0.1) is 0 Å². The highest BCUT2D eigenvalue weighted by Gasteiger charge is 2.19. The van der Waals surface area contributed by atoms with E-state index in [1.54, 1.807) is 38.3 Å². The van der Waals surface area contributed by atoms with Crippen LogP contribution in [-0.2, 0) is 17.6 Å². The molecule has 6 nitrogen and oxygen atoms in total. The van der Waals surface area contributed by atoms with Gasteiger partial charge in [0.15, 0.2) is 18.1 Å². The maximum absolute atomic E-state index is 12.6. The number of carbonyl (C=O) groups is 1. The van der Waals surface area contributed by atoms with Crippen LogP contribution >= 0.6 is 0 Å². The van der Waals surface area contributed by atoms with E-state index in [4.69, 9.17) is 18.6 Å². The number of fused-ring (bicyclic) bond motifs is 3. The molecule has 2 aromatic carbocycles. The first-order valence-electron chi connectivity index (χ1n) is 9.76. The van der Waals surface area contributed by atoms with Crippen LogP contribution in [0.4, 0.5) is 5.69 Å². The van der Waals surface area contributed by atoms with Crippen molar-refractivity contribution < 1.29 is 23.4 Å². The zero-order valence-electron chi connectivity index (χ0n) is 17.0. The molecule has 0 saturated carbocycles. The summed E-state index contributed by atoms with van der Waals surface area (Å²) in [7, 11) is 4.86. The fraction of sp³-hybridized carbons (Fsp3) is 0.348. The van der Waals surface area contributed by atoms with Crippen LogP contribution in [0.25, 0.3) is 11.0 Å². The number of benzene rings is 2. The van der Waals surface area contributed by atoms with Gasteiger partial charge in [-0.3, -0.25) is 4.79 Å². The van der Waals surface area contributed by atoms with Gasteiger partial charge in [-0.1, -0.05) is 0 Å². The van der Waals surface area contributed by atoms with E-state index in [0.717, 1.165) is 29.6 Å². The molecule has 0 aliphatic heterocycles. The number of amides is 1. The molecular formula is C23H25NO5. The summed E-state index contributed by atoms with van der Waals surface area (Å²) < 4.78 is 22.3. The second kappa shape index (κ2) is 8.07. The van der Waals surface area contributed by atoms with Gasteiger partial charge in [0.25, 0.3) is 5.91 Å². The van der Waals surface area contributed by atoms with Gasteiger partial charge in [-0.25, -0.2) is 0 Å². The van der Waals surface area contributed by atoms with Crippen LogP contribution in [0.3, 0.4) is 0 Å². The van der Waals surface area contributed by atoms with Crippen molar-refractivity contribution in [3.05, 3.63) is 47.7 Å². The van der Waals surface area contributed by atoms with Crippen LogP contribution in [0, 0.1) is 0 Å². The zero-order valence-corrected chi connectivity index (χ0v) is 17.0. The fourth-order valence-corrected chi connectivity index (χ4v) is 3.75. The molecule has 0 N–H and O–H groups in total. The van der Waals surface area contributed by atoms with Crippen LogP contribution in [0.1, 0.15) is 24.2 Å². The number of aryl methyl sites for hydroxylation is 2. The number of likely N-dealkylation sites (N-methyl/N-ethyl adjacent to an activating group) is 1. The Morgan fingerprint density at radius 3 is 2.62 bits per heavy atom. The van der Waals surface area contributed by atoms with E-state index in [-0.39, 0.29) is 12.5 Å². The lowest BCUT2D eigenvalue weighted by atomic mass is 9.96. The number of hydrogen-bond donors (Lipinski definition) is 0. The molecule has 1 aliphatic rings. The predicted octanol–water partition coefficient (Wildman–Crippen LogP) is 4.37. The molecule has 4 rings (SSSR count). The third-order valence-electron chi connectivity index (χ3n) is 5.42. The summed E-state index contributed by atoms with van der Waals surface area (Å²) in [5.74, 6) is 2.78. The van der Waals surface area contributed by atoms with E-state index >= 15 is 0 Å². The molecule has 152 valence electrons. The normalized spacial score (nSPS) is 13.1. The number of hydrogen-bond acceptors (Lipinski definition) is 5. The summed E-state index contributed by atoms with van der Waals surface area (Å²) in [4.78, 5) is 14.2. The third-order valence-corrected chi connectivity index (χ3v) is 5.42. The molecule has 0 radical (unpaired) electrons. The molecule has 0 bridgehead atoms. The summed E-state index contributed by atoms with van der Waals surface area (Å²) in [5.41, 5.74) is 2.87. The Morgan fingerprint density at radius 1 is 1.03 bits per heavy atom. The van der Waals surface area contributed by atoms with Crippen molar-refractivity contribution in [3.63, 3.8) is 0 Å². The van der Waals surface area contributed by atoms with E-state index in [2.05, 4.69) is 0 Å². The van der Waals surface area contributed by atoms with Crippen molar-refractivity contribution >= 4 is 22.6 Å². The molecule has 1 aromatic heterocycles. The number of carbonyl (C=O) groups excluding carboxylic acids is 1. The van der Waals surface area contributed by atoms with E-state index in [9.17, 15) is 4.79 Å². The Labute approximate surface area is 170 Å². The lowest BCUT2D eigenvalue weighted by molar-refractivity contribution is -0.120. The van der Waals surface area contributed by atoms with Gasteiger partial charge >= 0.3 is 0 Å². The smallest absolute Gasteiger partial charge is 0.264 e. The van der Waals surface area contributed by atoms with E-state index in [0.29, 0.717) is 22.9 Å². The highest BCUT2D eigenvalue weighted by atomic mass is 16.5. The Morgan fingerprint density at radius 2 is 1.83 bits per heavy atom. The van der Waals surface area contributed by atoms with Crippen molar-refractivity contribution in [1.29, 1.82) is 0 Å². The summed E-state index contributed by atoms with van der Waals surface area (Å²) in [5, 5.41) is 1.10. The monoisotopic (exact) mass is 395 g/mol. The second-order valence-electron chi connectivity index (χ2n) is 7.15. The molecule has 6 heteroatoms. The minimum atomic E-state index is -0.161. The van der Waals surface area contributed by atoms with Crippen molar-refractivity contribution in [2.24, 2.45) is 0 Å². The second-order valence-corrected chi connectivity index (χ2v) is 7.15. The Kier molecular flexibility index (Phi) is 5.34. The Balaban J connectivity index is 1.46. The lowest BCUT2D eigenvalue weighted by Gasteiger charge is -2.19. The Hall–Kier alpha value is -3.15. The Bertz CT molecular complexity index is 1040. The van der Waals surface area contributed by atoms with Gasteiger partial charge in [0.2, 0.25) is 0 Å². The topological polar surface area (TPSA) is 61.1 Å². The number of anilines is 1. The molecule has 3 aromatic rings. The maximum Gasteiger partial charge on any atom is 0.264 e. The van der Waals surface area contributed by atoms with Crippen molar-refractivity contribution in [2.45, 2.75) is 25.7 Å². The number of methoxy groups -OCH3 is 2. The predicted molar refractivity (Wildman–Crippen MR) is 111 cm³/mol. The SMILES string of the molecule is COc1ccc(N(C)C(=O)COc2ccc3oc4c(c3c2)CCCC4)cc1OC. The molecule has 29 heavy (non-hydrogen) atoms. The number of nitrogens with zero attached hydrogens (tertiary/aromatic N) is 1. The molecular weight excluding hydrogens is 370 g/mol. The van der Waals surface area contributed by atoms with Crippen LogP contribution in [0.15, 0.2) is 40.8 Å². The van der Waals surface area contributed by atoms with Crippen LogP contribution < -0.4 is 19.1 Å². The molecule has 0 unspecified atom stereocenters. The molecule has 0 fully saturated rings. The van der Waals surface area contributed by atoms with E-state index in [1.165, 1.54) is 18.4 Å². The van der Waals surface area contributed by atoms with Gasteiger partial charge in [-0.05, 0) is 49.6 Å². The summed E-state index contributed by atoms with van der Waals surface area (Å²) in [6.45, 7) is -0.0591. The maximum atomic E-state index is 12.6. The highest BCUT2D eigenvalue weighted by molar-refractivity contribution is 5.94. The molecule has 0 atom stereocenters. The molecule has 0 spiro atoms. The fourth-order valence-electron chi connectivity index (χ4n) is 3.75. The molecule has 1 heterocycles. The van der Waals surface area contributed by atoms with Crippen LogP contribution in [0.2, 0.25) is 0 Å². The summed E-state index contributed by atoms with van der Waals surface area (Å²) in [6, 6.07) is 11.1. The van der Waals surface area contributed by atoms with Gasteiger partial charge in [0.05, 0.1) is 14.2 Å². The largest absolute Gasteiger partial charge is 0.493 e. The van der Waals surface area contributed by atoms with Crippen LogP contribution in [-0.4, -0.2) is 33.8 Å². The van der Waals surface area contributed by atoms with E-state index in [1.807, 2.05) is 24.3 Å². The minimum absolute atomic E-state index is 0.0591. The number of ether oxygens (including phenoxy) is 3. The van der Waals surface area contributed by atoms with Crippen molar-refractivity contribution in [1.82, 2.24) is 0 Å². The van der Waals surface area contributed by atoms with Crippen molar-refractivity contribution in [3.8, 4) is 17.2 Å². The molecule has 1 aliphatic carbocycles. The molecule has 1 amide bonds. The van der Waals surface area contributed by atoms with E-state index < -0.39 is 0 Å². The number of furan rings is 1. The standard InChI is InChI=1S/C23H25NO5/c1-24(15-8-10-21(26-2)22(12-15)27-3)23(25)14-28-16-9-11-20-18(13-16)17-6-4-5-7-19(17)29-20/h8-13H,4-7,14H2,1-3H3. The molecule has 0 saturated heterocycles. The zero-order chi connectivity index (χ0) is 20.4. The first-order chi connectivity index (χ1) is 14.1. The van der Waals surface area contributed by atoms with Gasteiger partial charge in [0.1, 0.15) is 17.1 Å². The lowest BCUT2D eigenvalue weighted by Crippen LogP contribution is -2.31. The quantitative estimate of drug-likeness (QED) is 0.620. The van der Waals surface area contributed by atoms with Crippen molar-refractivity contribution in [2.75, 3.05) is 32.8 Å². The summed E-state index contributed by atoms with van der Waals surface area (Å²) in [6.07, 6.45) is 4.38. The average Bonchev–Trinajstić information content (AvgIpc) is 3.14. The first kappa shape index (κ1) is 19.2. The summed E-state index contributed by atoms with van der Waals surface area (Å²) >= 11 is 0.